The predicted octanol–water partition coefficient (Wildman–Crippen LogP) is 3.10. The first kappa shape index (κ1) is 11.9. The van der Waals surface area contributed by atoms with Crippen molar-refractivity contribution in [3.8, 4) is 0 Å². The molecule has 1 aliphatic heterocycles. The standard InChI is InChI=1S/C11H15Cl2N3/c1-7-3-8(2)16(5-7)11-9(4-12)10(13)14-6-15-11/h6-8H,3-5H2,1-2H3. The molecule has 0 saturated carbocycles. The van der Waals surface area contributed by atoms with E-state index in [0.29, 0.717) is 23.0 Å². The quantitative estimate of drug-likeness (QED) is 0.604. The van der Waals surface area contributed by atoms with Gasteiger partial charge >= 0.3 is 0 Å². The lowest BCUT2D eigenvalue weighted by Gasteiger charge is -2.24. The predicted molar refractivity (Wildman–Crippen MR) is 67.2 cm³/mol. The Labute approximate surface area is 106 Å². The molecular formula is C11H15Cl2N3. The maximum Gasteiger partial charge on any atom is 0.138 e. The minimum Gasteiger partial charge on any atom is -0.353 e. The molecule has 0 spiro atoms. The molecule has 0 aliphatic carbocycles. The summed E-state index contributed by atoms with van der Waals surface area (Å²) in [5.74, 6) is 1.94. The van der Waals surface area contributed by atoms with Gasteiger partial charge in [-0.3, -0.25) is 0 Å². The summed E-state index contributed by atoms with van der Waals surface area (Å²) in [6.45, 7) is 5.47. The monoisotopic (exact) mass is 259 g/mol. The van der Waals surface area contributed by atoms with Gasteiger partial charge in [-0.2, -0.15) is 0 Å². The summed E-state index contributed by atoms with van der Waals surface area (Å²) in [5, 5.41) is 0.465. The van der Waals surface area contributed by atoms with Gasteiger partial charge in [0.05, 0.1) is 5.88 Å². The highest BCUT2D eigenvalue weighted by atomic mass is 35.5. The van der Waals surface area contributed by atoms with E-state index in [9.17, 15) is 0 Å². The molecule has 1 aromatic heterocycles. The van der Waals surface area contributed by atoms with Crippen LogP contribution in [0.5, 0.6) is 0 Å². The number of halogens is 2. The first-order valence-corrected chi connectivity index (χ1v) is 6.36. The van der Waals surface area contributed by atoms with Gasteiger partial charge in [-0.05, 0) is 19.3 Å². The molecule has 0 radical (unpaired) electrons. The number of hydrogen-bond acceptors (Lipinski definition) is 3. The molecule has 0 aromatic carbocycles. The smallest absolute Gasteiger partial charge is 0.138 e. The maximum absolute atomic E-state index is 6.03. The van der Waals surface area contributed by atoms with Gasteiger partial charge in [0.25, 0.3) is 0 Å². The topological polar surface area (TPSA) is 29.0 Å². The van der Waals surface area contributed by atoms with Crippen molar-refractivity contribution in [2.75, 3.05) is 11.4 Å². The lowest BCUT2D eigenvalue weighted by molar-refractivity contribution is 0.625. The van der Waals surface area contributed by atoms with Crippen molar-refractivity contribution in [2.24, 2.45) is 5.92 Å². The van der Waals surface area contributed by atoms with Gasteiger partial charge in [0, 0.05) is 18.2 Å². The fourth-order valence-corrected chi connectivity index (χ4v) is 2.85. The van der Waals surface area contributed by atoms with Crippen LogP contribution in [0.25, 0.3) is 0 Å². The van der Waals surface area contributed by atoms with Crippen molar-refractivity contribution >= 4 is 29.0 Å². The molecule has 1 aliphatic rings. The molecule has 0 N–H and O–H groups in total. The van der Waals surface area contributed by atoms with Gasteiger partial charge in [0.2, 0.25) is 0 Å². The third kappa shape index (κ3) is 2.11. The highest BCUT2D eigenvalue weighted by Gasteiger charge is 2.29. The number of alkyl halides is 1. The Morgan fingerprint density at radius 3 is 2.75 bits per heavy atom. The van der Waals surface area contributed by atoms with Crippen LogP contribution in [0.15, 0.2) is 6.33 Å². The summed E-state index contributed by atoms with van der Waals surface area (Å²) < 4.78 is 0. The van der Waals surface area contributed by atoms with E-state index in [1.54, 1.807) is 0 Å². The second-order valence-corrected chi connectivity index (χ2v) is 5.07. The van der Waals surface area contributed by atoms with Gasteiger partial charge in [-0.25, -0.2) is 9.97 Å². The molecule has 3 nitrogen and oxygen atoms in total. The van der Waals surface area contributed by atoms with Gasteiger partial charge in [0.1, 0.15) is 17.3 Å². The highest BCUT2D eigenvalue weighted by Crippen LogP contribution is 2.32. The third-order valence-electron chi connectivity index (χ3n) is 3.06. The maximum atomic E-state index is 6.03. The summed E-state index contributed by atoms with van der Waals surface area (Å²) in [6.07, 6.45) is 2.69. The van der Waals surface area contributed by atoms with Crippen LogP contribution < -0.4 is 4.90 Å². The van der Waals surface area contributed by atoms with Crippen molar-refractivity contribution in [3.63, 3.8) is 0 Å². The first-order valence-electron chi connectivity index (χ1n) is 5.45. The van der Waals surface area contributed by atoms with Crippen LogP contribution in [-0.4, -0.2) is 22.6 Å². The summed E-state index contributed by atoms with van der Waals surface area (Å²) >= 11 is 11.9. The Kier molecular flexibility index (Phi) is 3.55. The molecule has 88 valence electrons. The van der Waals surface area contributed by atoms with E-state index in [0.717, 1.165) is 17.9 Å². The van der Waals surface area contributed by atoms with E-state index >= 15 is 0 Å². The number of aromatic nitrogens is 2. The van der Waals surface area contributed by atoms with Gasteiger partial charge in [-0.1, -0.05) is 18.5 Å². The molecule has 1 fully saturated rings. The van der Waals surface area contributed by atoms with Gasteiger partial charge < -0.3 is 4.90 Å². The summed E-state index contributed by atoms with van der Waals surface area (Å²) in [4.78, 5) is 10.6. The van der Waals surface area contributed by atoms with Crippen molar-refractivity contribution < 1.29 is 0 Å². The van der Waals surface area contributed by atoms with Crippen molar-refractivity contribution in [1.82, 2.24) is 9.97 Å². The highest BCUT2D eigenvalue weighted by molar-refractivity contribution is 6.31. The largest absolute Gasteiger partial charge is 0.353 e. The molecule has 1 saturated heterocycles. The summed E-state index contributed by atoms with van der Waals surface area (Å²) in [6, 6.07) is 0.489. The minimum absolute atomic E-state index is 0.354. The Morgan fingerprint density at radius 2 is 2.19 bits per heavy atom. The van der Waals surface area contributed by atoms with Crippen molar-refractivity contribution in [2.45, 2.75) is 32.2 Å². The van der Waals surface area contributed by atoms with Gasteiger partial charge in [-0.15, -0.1) is 11.6 Å². The van der Waals surface area contributed by atoms with Crippen LogP contribution in [0.1, 0.15) is 25.8 Å². The Hall–Kier alpha value is -0.540. The first-order chi connectivity index (χ1) is 7.63. The van der Waals surface area contributed by atoms with Crippen LogP contribution in [0.3, 0.4) is 0 Å². The van der Waals surface area contributed by atoms with Crippen LogP contribution >= 0.6 is 23.2 Å². The van der Waals surface area contributed by atoms with E-state index in [4.69, 9.17) is 23.2 Å². The lowest BCUT2D eigenvalue weighted by atomic mass is 10.1. The van der Waals surface area contributed by atoms with Crippen LogP contribution in [0.2, 0.25) is 5.15 Å². The fourth-order valence-electron chi connectivity index (χ4n) is 2.34. The second kappa shape index (κ2) is 4.76. The normalized spacial score (nSPS) is 25.1. The molecular weight excluding hydrogens is 245 g/mol. The number of nitrogens with zero attached hydrogens (tertiary/aromatic N) is 3. The van der Waals surface area contributed by atoms with Crippen LogP contribution in [0.4, 0.5) is 5.82 Å². The number of hydrogen-bond donors (Lipinski definition) is 0. The second-order valence-electron chi connectivity index (χ2n) is 4.44. The summed E-state index contributed by atoms with van der Waals surface area (Å²) in [5.41, 5.74) is 0.840. The molecule has 2 unspecified atom stereocenters. The average Bonchev–Trinajstić information content (AvgIpc) is 2.57. The van der Waals surface area contributed by atoms with E-state index in [1.165, 1.54) is 12.7 Å². The molecule has 2 heterocycles. The zero-order valence-electron chi connectivity index (χ0n) is 9.45. The lowest BCUT2D eigenvalue weighted by Crippen LogP contribution is -2.28. The summed E-state index contributed by atoms with van der Waals surface area (Å²) in [7, 11) is 0. The SMILES string of the molecule is CC1CC(C)N(c2ncnc(Cl)c2CCl)C1. The zero-order valence-corrected chi connectivity index (χ0v) is 11.0. The third-order valence-corrected chi connectivity index (χ3v) is 3.65. The minimum atomic E-state index is 0.354. The Bertz CT molecular complexity index is 383. The number of anilines is 1. The Balaban J connectivity index is 2.36. The number of rotatable bonds is 2. The molecule has 16 heavy (non-hydrogen) atoms. The fraction of sp³-hybridized carbons (Fsp3) is 0.636. The van der Waals surface area contributed by atoms with Crippen molar-refractivity contribution in [1.29, 1.82) is 0 Å². The molecule has 0 amide bonds. The molecule has 2 rings (SSSR count). The average molecular weight is 260 g/mol. The zero-order chi connectivity index (χ0) is 11.7. The molecule has 2 atom stereocenters. The van der Waals surface area contributed by atoms with E-state index in [1.807, 2.05) is 0 Å². The van der Waals surface area contributed by atoms with E-state index in [-0.39, 0.29) is 0 Å². The van der Waals surface area contributed by atoms with E-state index in [2.05, 4.69) is 28.7 Å². The molecule has 5 heteroatoms. The molecule has 1 aromatic rings. The Morgan fingerprint density at radius 1 is 1.44 bits per heavy atom. The van der Waals surface area contributed by atoms with E-state index < -0.39 is 0 Å². The van der Waals surface area contributed by atoms with Crippen molar-refractivity contribution in [3.05, 3.63) is 17.0 Å². The molecule has 0 bridgehead atoms. The van der Waals surface area contributed by atoms with Crippen LogP contribution in [-0.2, 0) is 5.88 Å². The van der Waals surface area contributed by atoms with Crippen LogP contribution in [0, 0.1) is 5.92 Å². The van der Waals surface area contributed by atoms with Gasteiger partial charge in [0.15, 0.2) is 0 Å².